The molecule has 2 aromatic carbocycles. The van der Waals surface area contributed by atoms with Crippen LogP contribution in [0.25, 0.3) is 0 Å². The molecule has 1 atom stereocenters. The fourth-order valence-corrected chi connectivity index (χ4v) is 3.76. The van der Waals surface area contributed by atoms with Gasteiger partial charge in [-0.1, -0.05) is 29.3 Å². The predicted molar refractivity (Wildman–Crippen MR) is 105 cm³/mol. The van der Waals surface area contributed by atoms with Crippen LogP contribution in [0.4, 0.5) is 0 Å². The normalized spacial score (nSPS) is 20.8. The number of phenolic OH excluding ortho intramolecular Hbond substituents is 1. The average Bonchev–Trinajstić information content (AvgIpc) is 3.05. The highest BCUT2D eigenvalue weighted by molar-refractivity contribution is 6.42. The number of nitrogens with one attached hydrogen (secondary N) is 1. The van der Waals surface area contributed by atoms with E-state index in [1.807, 2.05) is 18.2 Å². The van der Waals surface area contributed by atoms with Crippen molar-refractivity contribution in [2.45, 2.75) is 44.8 Å². The summed E-state index contributed by atoms with van der Waals surface area (Å²) >= 11 is 12.1. The topological polar surface area (TPSA) is 53.9 Å². The molecule has 2 N–H and O–H groups in total. The first-order valence-electron chi connectivity index (χ1n) is 8.65. The van der Waals surface area contributed by atoms with Gasteiger partial charge >= 0.3 is 0 Å². The maximum absolute atomic E-state index is 10.5. The van der Waals surface area contributed by atoms with Crippen LogP contribution < -0.4 is 10.2 Å². The number of nitrogens with zero attached hydrogens (tertiary/aromatic N) is 1. The Morgan fingerprint density at radius 3 is 2.77 bits per heavy atom. The SMILES string of the molecule is CC1(C)CCc2cc(C3=NNC(c4ccc(Cl)c(Cl)c4)C3)c(O)cc2O1. The van der Waals surface area contributed by atoms with Crippen LogP contribution in [0.3, 0.4) is 0 Å². The van der Waals surface area contributed by atoms with E-state index in [-0.39, 0.29) is 17.4 Å². The van der Waals surface area contributed by atoms with Crippen molar-refractivity contribution in [2.75, 3.05) is 0 Å². The molecular weight excluding hydrogens is 371 g/mol. The van der Waals surface area contributed by atoms with Crippen LogP contribution in [0.5, 0.6) is 11.5 Å². The molecule has 0 spiro atoms. The van der Waals surface area contributed by atoms with Crippen molar-refractivity contribution in [3.8, 4) is 11.5 Å². The van der Waals surface area contributed by atoms with Crippen molar-refractivity contribution in [3.05, 3.63) is 57.1 Å². The molecule has 1 unspecified atom stereocenters. The lowest BCUT2D eigenvalue weighted by Crippen LogP contribution is -2.32. The van der Waals surface area contributed by atoms with Gasteiger partial charge in [0.15, 0.2) is 0 Å². The Bertz CT molecular complexity index is 909. The third kappa shape index (κ3) is 3.24. The quantitative estimate of drug-likeness (QED) is 0.736. The minimum absolute atomic E-state index is 0.00498. The Morgan fingerprint density at radius 2 is 2.00 bits per heavy atom. The lowest BCUT2D eigenvalue weighted by atomic mass is 9.91. The number of hydrogen-bond donors (Lipinski definition) is 2. The number of hydrazone groups is 1. The molecule has 4 rings (SSSR count). The Kier molecular flexibility index (Phi) is 4.28. The Labute approximate surface area is 162 Å². The fraction of sp³-hybridized carbons (Fsp3) is 0.350. The van der Waals surface area contributed by atoms with Gasteiger partial charge in [0.1, 0.15) is 17.1 Å². The Morgan fingerprint density at radius 1 is 1.19 bits per heavy atom. The van der Waals surface area contributed by atoms with Gasteiger partial charge < -0.3 is 15.3 Å². The standard InChI is InChI=1S/C20H20Cl2N2O2/c1-20(2)6-5-12-7-13(18(25)10-19(12)26-20)17-9-16(23-24-17)11-3-4-14(21)15(22)8-11/h3-4,7-8,10,16,23,25H,5-6,9H2,1-2H3. The molecule has 0 aliphatic carbocycles. The molecule has 0 fully saturated rings. The third-order valence-electron chi connectivity index (χ3n) is 4.97. The zero-order chi connectivity index (χ0) is 18.5. The maximum Gasteiger partial charge on any atom is 0.128 e. The van der Waals surface area contributed by atoms with Crippen LogP contribution in [0, 0.1) is 0 Å². The maximum atomic E-state index is 10.5. The van der Waals surface area contributed by atoms with E-state index >= 15 is 0 Å². The summed E-state index contributed by atoms with van der Waals surface area (Å²) in [5, 5.41) is 16.0. The predicted octanol–water partition coefficient (Wildman–Crippen LogP) is 5.24. The van der Waals surface area contributed by atoms with Crippen LogP contribution in [0.15, 0.2) is 35.4 Å². The summed E-state index contributed by atoms with van der Waals surface area (Å²) in [4.78, 5) is 0. The molecule has 0 radical (unpaired) electrons. The van der Waals surface area contributed by atoms with Crippen molar-refractivity contribution in [3.63, 3.8) is 0 Å². The molecule has 0 saturated carbocycles. The van der Waals surface area contributed by atoms with E-state index < -0.39 is 0 Å². The molecule has 6 heteroatoms. The third-order valence-corrected chi connectivity index (χ3v) is 5.71. The van der Waals surface area contributed by atoms with Gasteiger partial charge in [0, 0.05) is 18.1 Å². The molecule has 2 aromatic rings. The van der Waals surface area contributed by atoms with Crippen molar-refractivity contribution in [2.24, 2.45) is 5.10 Å². The molecule has 0 bridgehead atoms. The molecule has 2 aliphatic rings. The molecule has 4 nitrogen and oxygen atoms in total. The highest BCUT2D eigenvalue weighted by atomic mass is 35.5. The molecule has 2 heterocycles. The van der Waals surface area contributed by atoms with E-state index in [1.165, 1.54) is 0 Å². The molecule has 0 saturated heterocycles. The van der Waals surface area contributed by atoms with Gasteiger partial charge in [-0.15, -0.1) is 0 Å². The van der Waals surface area contributed by atoms with Crippen LogP contribution in [-0.4, -0.2) is 16.4 Å². The molecule has 0 aromatic heterocycles. The summed E-state index contributed by atoms with van der Waals surface area (Å²) in [7, 11) is 0. The summed E-state index contributed by atoms with van der Waals surface area (Å²) < 4.78 is 5.99. The zero-order valence-electron chi connectivity index (χ0n) is 14.6. The van der Waals surface area contributed by atoms with Crippen molar-refractivity contribution < 1.29 is 9.84 Å². The van der Waals surface area contributed by atoms with E-state index in [4.69, 9.17) is 27.9 Å². The highest BCUT2D eigenvalue weighted by Gasteiger charge is 2.29. The highest BCUT2D eigenvalue weighted by Crippen LogP contribution is 2.39. The number of hydrogen-bond acceptors (Lipinski definition) is 4. The monoisotopic (exact) mass is 390 g/mol. The van der Waals surface area contributed by atoms with Crippen LogP contribution in [0.1, 0.15) is 49.4 Å². The number of rotatable bonds is 2. The second kappa shape index (κ2) is 6.36. The van der Waals surface area contributed by atoms with E-state index in [2.05, 4.69) is 24.4 Å². The van der Waals surface area contributed by atoms with Crippen molar-refractivity contribution in [1.82, 2.24) is 5.43 Å². The van der Waals surface area contributed by atoms with E-state index in [0.717, 1.165) is 41.0 Å². The van der Waals surface area contributed by atoms with Crippen LogP contribution in [-0.2, 0) is 6.42 Å². The smallest absolute Gasteiger partial charge is 0.128 e. The summed E-state index contributed by atoms with van der Waals surface area (Å²) in [6, 6.07) is 9.28. The number of halogens is 2. The second-order valence-electron chi connectivity index (χ2n) is 7.46. The molecule has 26 heavy (non-hydrogen) atoms. The first kappa shape index (κ1) is 17.5. The van der Waals surface area contributed by atoms with E-state index in [9.17, 15) is 5.11 Å². The van der Waals surface area contributed by atoms with Gasteiger partial charge in [-0.2, -0.15) is 5.10 Å². The minimum atomic E-state index is -0.202. The molecule has 0 amide bonds. The van der Waals surface area contributed by atoms with Gasteiger partial charge in [-0.05, 0) is 56.0 Å². The summed E-state index contributed by atoms with van der Waals surface area (Å²) in [6.45, 7) is 4.13. The number of phenols is 1. The van der Waals surface area contributed by atoms with Gasteiger partial charge in [0.25, 0.3) is 0 Å². The number of ether oxygens (including phenoxy) is 1. The number of fused-ring (bicyclic) bond motifs is 1. The molecule has 2 aliphatic heterocycles. The lowest BCUT2D eigenvalue weighted by molar-refractivity contribution is 0.0843. The van der Waals surface area contributed by atoms with Crippen molar-refractivity contribution >= 4 is 28.9 Å². The molecular formula is C20H20Cl2N2O2. The number of aryl methyl sites for hydroxylation is 1. The summed E-state index contributed by atoms with van der Waals surface area (Å²) in [6.07, 6.45) is 2.53. The van der Waals surface area contributed by atoms with Gasteiger partial charge in [-0.3, -0.25) is 0 Å². The first-order valence-corrected chi connectivity index (χ1v) is 9.40. The second-order valence-corrected chi connectivity index (χ2v) is 8.27. The number of aromatic hydroxyl groups is 1. The first-order chi connectivity index (χ1) is 12.3. The van der Waals surface area contributed by atoms with Crippen LogP contribution in [0.2, 0.25) is 10.0 Å². The largest absolute Gasteiger partial charge is 0.507 e. The van der Waals surface area contributed by atoms with Gasteiger partial charge in [-0.25, -0.2) is 0 Å². The summed E-state index contributed by atoms with van der Waals surface area (Å²) in [5.74, 6) is 0.951. The van der Waals surface area contributed by atoms with E-state index in [1.54, 1.807) is 12.1 Å². The zero-order valence-corrected chi connectivity index (χ0v) is 16.2. The van der Waals surface area contributed by atoms with Gasteiger partial charge in [0.05, 0.1) is 21.8 Å². The minimum Gasteiger partial charge on any atom is -0.507 e. The Balaban J connectivity index is 1.58. The Hall–Kier alpha value is -1.91. The van der Waals surface area contributed by atoms with E-state index in [0.29, 0.717) is 16.5 Å². The number of benzene rings is 2. The van der Waals surface area contributed by atoms with Gasteiger partial charge in [0.2, 0.25) is 0 Å². The fourth-order valence-electron chi connectivity index (χ4n) is 3.45. The summed E-state index contributed by atoms with van der Waals surface area (Å²) in [5.41, 5.74) is 6.63. The average molecular weight is 391 g/mol. The lowest BCUT2D eigenvalue weighted by Gasteiger charge is -2.33. The van der Waals surface area contributed by atoms with Crippen molar-refractivity contribution in [1.29, 1.82) is 0 Å². The molecule has 136 valence electrons. The van der Waals surface area contributed by atoms with Crippen LogP contribution >= 0.6 is 23.2 Å².